The van der Waals surface area contributed by atoms with Gasteiger partial charge in [-0.15, -0.1) is 0 Å². The first-order valence-corrected chi connectivity index (χ1v) is 7.42. The second-order valence-electron chi connectivity index (χ2n) is 5.67. The Bertz CT molecular complexity index is 1010. The maximum Gasteiger partial charge on any atom is 0.119 e. The maximum atomic E-state index is 5.40. The van der Waals surface area contributed by atoms with Crippen molar-refractivity contribution in [1.29, 1.82) is 0 Å². The molecule has 0 amide bonds. The number of hydrogen-bond donors (Lipinski definition) is 2. The number of fused-ring (bicyclic) bond motifs is 5. The molecule has 0 saturated carbocycles. The normalized spacial score (nSPS) is 11.4. The molecule has 0 aliphatic heterocycles. The van der Waals surface area contributed by atoms with Crippen molar-refractivity contribution in [3.8, 4) is 5.75 Å². The number of aryl methyl sites for hydroxylation is 1. The minimum Gasteiger partial charge on any atom is -0.497 e. The fraction of sp³-hybridized carbons (Fsp3) is 0.158. The van der Waals surface area contributed by atoms with Gasteiger partial charge in [0.25, 0.3) is 0 Å². The molecule has 4 aromatic rings. The molecule has 110 valence electrons. The van der Waals surface area contributed by atoms with E-state index in [9.17, 15) is 0 Å². The van der Waals surface area contributed by atoms with Gasteiger partial charge in [-0.05, 0) is 59.7 Å². The lowest BCUT2D eigenvalue weighted by atomic mass is 10.00. The lowest BCUT2D eigenvalue weighted by Gasteiger charge is -2.07. The number of ether oxygens (including phenoxy) is 1. The first kappa shape index (κ1) is 13.0. The number of hydrogen-bond acceptors (Lipinski definition) is 2. The predicted molar refractivity (Wildman–Crippen MR) is 94.1 cm³/mol. The zero-order chi connectivity index (χ0) is 15.3. The van der Waals surface area contributed by atoms with Gasteiger partial charge in [-0.25, -0.2) is 0 Å². The largest absolute Gasteiger partial charge is 0.497 e. The van der Waals surface area contributed by atoms with Crippen LogP contribution in [0.4, 0.5) is 5.69 Å². The van der Waals surface area contributed by atoms with Crippen molar-refractivity contribution in [3.05, 3.63) is 48.0 Å². The Hall–Kier alpha value is -2.68. The molecule has 0 saturated heterocycles. The molecule has 3 nitrogen and oxygen atoms in total. The third-order valence-corrected chi connectivity index (χ3v) is 4.38. The number of aromatic amines is 1. The molecule has 4 rings (SSSR count). The number of methoxy groups -OCH3 is 1. The van der Waals surface area contributed by atoms with Crippen molar-refractivity contribution in [2.45, 2.75) is 6.92 Å². The highest BCUT2D eigenvalue weighted by Gasteiger charge is 2.12. The van der Waals surface area contributed by atoms with Gasteiger partial charge in [-0.1, -0.05) is 6.07 Å². The Morgan fingerprint density at radius 1 is 1.00 bits per heavy atom. The van der Waals surface area contributed by atoms with Crippen LogP contribution in [0.5, 0.6) is 5.75 Å². The highest BCUT2D eigenvalue weighted by molar-refractivity contribution is 6.21. The number of rotatable bonds is 2. The molecular weight excluding hydrogens is 272 g/mol. The highest BCUT2D eigenvalue weighted by atomic mass is 16.5. The van der Waals surface area contributed by atoms with Crippen molar-refractivity contribution in [2.75, 3.05) is 19.5 Å². The van der Waals surface area contributed by atoms with Crippen molar-refractivity contribution in [1.82, 2.24) is 4.98 Å². The SMILES string of the molecule is CNc1ccc2c(c1)cc(C)c1[nH]c3ccc(OC)cc3c12. The number of H-pyrrole nitrogens is 1. The van der Waals surface area contributed by atoms with Gasteiger partial charge in [-0.2, -0.15) is 0 Å². The number of aromatic nitrogens is 1. The fourth-order valence-corrected chi connectivity index (χ4v) is 3.24. The van der Waals surface area contributed by atoms with Crippen LogP contribution in [-0.4, -0.2) is 19.1 Å². The number of nitrogens with one attached hydrogen (secondary N) is 2. The molecule has 0 spiro atoms. The number of benzene rings is 3. The van der Waals surface area contributed by atoms with Crippen molar-refractivity contribution in [2.24, 2.45) is 0 Å². The molecule has 1 heterocycles. The second-order valence-corrected chi connectivity index (χ2v) is 5.67. The van der Waals surface area contributed by atoms with E-state index < -0.39 is 0 Å². The second kappa shape index (κ2) is 4.67. The molecular formula is C19H18N2O. The van der Waals surface area contributed by atoms with Crippen molar-refractivity contribution in [3.63, 3.8) is 0 Å². The molecule has 0 aliphatic carbocycles. The van der Waals surface area contributed by atoms with Gasteiger partial charge in [0.1, 0.15) is 5.75 Å². The maximum absolute atomic E-state index is 5.40. The molecule has 3 heteroatoms. The van der Waals surface area contributed by atoms with E-state index in [0.29, 0.717) is 0 Å². The molecule has 0 fully saturated rings. The average Bonchev–Trinajstić information content (AvgIpc) is 2.93. The summed E-state index contributed by atoms with van der Waals surface area (Å²) < 4.78 is 5.40. The van der Waals surface area contributed by atoms with Crippen LogP contribution in [0.25, 0.3) is 32.6 Å². The molecule has 3 aromatic carbocycles. The van der Waals surface area contributed by atoms with E-state index in [2.05, 4.69) is 53.6 Å². The van der Waals surface area contributed by atoms with Crippen LogP contribution in [0.3, 0.4) is 0 Å². The summed E-state index contributed by atoms with van der Waals surface area (Å²) in [6, 6.07) is 14.9. The average molecular weight is 290 g/mol. The summed E-state index contributed by atoms with van der Waals surface area (Å²) in [4.78, 5) is 3.55. The summed E-state index contributed by atoms with van der Waals surface area (Å²) in [5, 5.41) is 8.20. The van der Waals surface area contributed by atoms with Crippen LogP contribution >= 0.6 is 0 Å². The lowest BCUT2D eigenvalue weighted by Crippen LogP contribution is -1.88. The Morgan fingerprint density at radius 2 is 1.86 bits per heavy atom. The van der Waals surface area contributed by atoms with E-state index in [1.165, 1.54) is 32.6 Å². The Morgan fingerprint density at radius 3 is 2.64 bits per heavy atom. The Kier molecular flexibility index (Phi) is 2.76. The van der Waals surface area contributed by atoms with E-state index in [0.717, 1.165) is 17.0 Å². The van der Waals surface area contributed by atoms with Gasteiger partial charge in [-0.3, -0.25) is 0 Å². The molecule has 0 atom stereocenters. The fourth-order valence-electron chi connectivity index (χ4n) is 3.24. The first-order chi connectivity index (χ1) is 10.7. The Balaban J connectivity index is 2.21. The van der Waals surface area contributed by atoms with Gasteiger partial charge in [0.05, 0.1) is 12.6 Å². The summed E-state index contributed by atoms with van der Waals surface area (Å²) >= 11 is 0. The smallest absolute Gasteiger partial charge is 0.119 e. The molecule has 0 unspecified atom stereocenters. The van der Waals surface area contributed by atoms with Gasteiger partial charge >= 0.3 is 0 Å². The van der Waals surface area contributed by atoms with Gasteiger partial charge in [0, 0.05) is 29.0 Å². The summed E-state index contributed by atoms with van der Waals surface area (Å²) in [5.74, 6) is 0.884. The van der Waals surface area contributed by atoms with Crippen LogP contribution in [0.15, 0.2) is 42.5 Å². The minimum absolute atomic E-state index is 0.884. The third kappa shape index (κ3) is 1.75. The van der Waals surface area contributed by atoms with Gasteiger partial charge in [0.2, 0.25) is 0 Å². The lowest BCUT2D eigenvalue weighted by molar-refractivity contribution is 0.415. The van der Waals surface area contributed by atoms with Crippen LogP contribution in [0.1, 0.15) is 5.56 Å². The van der Waals surface area contributed by atoms with Crippen LogP contribution in [-0.2, 0) is 0 Å². The zero-order valence-electron chi connectivity index (χ0n) is 12.9. The quantitative estimate of drug-likeness (QED) is 0.554. The molecule has 22 heavy (non-hydrogen) atoms. The van der Waals surface area contributed by atoms with Gasteiger partial charge in [0.15, 0.2) is 0 Å². The monoisotopic (exact) mass is 290 g/mol. The minimum atomic E-state index is 0.884. The first-order valence-electron chi connectivity index (χ1n) is 7.42. The van der Waals surface area contributed by atoms with Gasteiger partial charge < -0.3 is 15.0 Å². The van der Waals surface area contributed by atoms with Crippen LogP contribution in [0, 0.1) is 6.92 Å². The van der Waals surface area contributed by atoms with E-state index in [-0.39, 0.29) is 0 Å². The van der Waals surface area contributed by atoms with E-state index in [4.69, 9.17) is 4.74 Å². The third-order valence-electron chi connectivity index (χ3n) is 4.38. The molecule has 0 bridgehead atoms. The number of anilines is 1. The summed E-state index contributed by atoms with van der Waals surface area (Å²) in [7, 11) is 3.65. The molecule has 2 N–H and O–H groups in total. The van der Waals surface area contributed by atoms with E-state index in [1.54, 1.807) is 7.11 Å². The highest BCUT2D eigenvalue weighted by Crippen LogP contribution is 2.36. The summed E-state index contributed by atoms with van der Waals surface area (Å²) in [6.07, 6.45) is 0. The topological polar surface area (TPSA) is 37.0 Å². The molecule has 1 aromatic heterocycles. The van der Waals surface area contributed by atoms with Crippen LogP contribution < -0.4 is 10.1 Å². The summed E-state index contributed by atoms with van der Waals surface area (Å²) in [6.45, 7) is 2.15. The summed E-state index contributed by atoms with van der Waals surface area (Å²) in [5.41, 5.74) is 4.73. The van der Waals surface area contributed by atoms with Crippen molar-refractivity contribution < 1.29 is 4.74 Å². The van der Waals surface area contributed by atoms with E-state index >= 15 is 0 Å². The van der Waals surface area contributed by atoms with E-state index in [1.807, 2.05) is 13.1 Å². The molecule has 0 radical (unpaired) electrons. The predicted octanol–water partition coefficient (Wildman–Crippen LogP) is 4.83. The standard InChI is InChI=1S/C19H18N2O/c1-11-8-12-9-13(20-2)4-6-15(12)18-16-10-14(22-3)5-7-17(16)21-19(11)18/h4-10,20-21H,1-3H3. The Labute approximate surface area is 128 Å². The zero-order valence-corrected chi connectivity index (χ0v) is 12.9. The van der Waals surface area contributed by atoms with Crippen LogP contribution in [0.2, 0.25) is 0 Å². The van der Waals surface area contributed by atoms with Crippen molar-refractivity contribution >= 4 is 38.3 Å². The molecule has 0 aliphatic rings.